The van der Waals surface area contributed by atoms with Crippen molar-refractivity contribution in [2.45, 2.75) is 284 Å². The maximum Gasteiger partial charge on any atom is 0.306 e. The summed E-state index contributed by atoms with van der Waals surface area (Å²) in [6.07, 6.45) is 77.6. The molecule has 392 valence electrons. The average molecular weight is 948 g/mol. The molecule has 0 saturated carbocycles. The predicted molar refractivity (Wildman–Crippen MR) is 297 cm³/mol. The molecular formula is C63H110O5. The van der Waals surface area contributed by atoms with Gasteiger partial charge in [0.15, 0.2) is 6.10 Å². The van der Waals surface area contributed by atoms with Crippen LogP contribution in [0.3, 0.4) is 0 Å². The molecule has 5 nitrogen and oxygen atoms in total. The first kappa shape index (κ1) is 65.1. The van der Waals surface area contributed by atoms with Gasteiger partial charge in [-0.15, -0.1) is 0 Å². The second-order valence-corrected chi connectivity index (χ2v) is 19.2. The van der Waals surface area contributed by atoms with Gasteiger partial charge in [0.05, 0.1) is 6.61 Å². The Hall–Kier alpha value is -2.92. The van der Waals surface area contributed by atoms with E-state index >= 15 is 0 Å². The van der Waals surface area contributed by atoms with Gasteiger partial charge < -0.3 is 14.2 Å². The Labute approximate surface area is 422 Å². The minimum Gasteiger partial charge on any atom is -0.462 e. The smallest absolute Gasteiger partial charge is 0.306 e. The van der Waals surface area contributed by atoms with Gasteiger partial charge in [0, 0.05) is 19.4 Å². The predicted octanol–water partition coefficient (Wildman–Crippen LogP) is 20.0. The lowest BCUT2D eigenvalue weighted by atomic mass is 10.0. The molecule has 0 heterocycles. The van der Waals surface area contributed by atoms with Crippen molar-refractivity contribution in [1.82, 2.24) is 0 Å². The summed E-state index contributed by atoms with van der Waals surface area (Å²) in [7, 11) is 0. The van der Waals surface area contributed by atoms with Gasteiger partial charge in [-0.1, -0.05) is 260 Å². The second kappa shape index (κ2) is 58.4. The van der Waals surface area contributed by atoms with E-state index in [4.69, 9.17) is 14.2 Å². The first-order chi connectivity index (χ1) is 33.6. The first-order valence-corrected chi connectivity index (χ1v) is 29.1. The van der Waals surface area contributed by atoms with Crippen molar-refractivity contribution in [3.63, 3.8) is 0 Å². The van der Waals surface area contributed by atoms with Crippen LogP contribution in [-0.2, 0) is 23.8 Å². The zero-order valence-corrected chi connectivity index (χ0v) is 45.1. The molecule has 0 aromatic carbocycles. The molecule has 0 radical (unpaired) electrons. The quantitative estimate of drug-likeness (QED) is 0.0345. The van der Waals surface area contributed by atoms with Crippen molar-refractivity contribution in [1.29, 1.82) is 0 Å². The zero-order chi connectivity index (χ0) is 49.2. The van der Waals surface area contributed by atoms with Crippen LogP contribution < -0.4 is 0 Å². The Morgan fingerprint density at radius 1 is 0.338 bits per heavy atom. The fourth-order valence-corrected chi connectivity index (χ4v) is 8.11. The molecule has 0 aliphatic rings. The van der Waals surface area contributed by atoms with Gasteiger partial charge in [0.1, 0.15) is 6.61 Å². The highest BCUT2D eigenvalue weighted by atomic mass is 16.6. The van der Waals surface area contributed by atoms with Crippen LogP contribution in [0.1, 0.15) is 278 Å². The van der Waals surface area contributed by atoms with E-state index in [1.807, 2.05) is 0 Å². The fraction of sp³-hybridized carbons (Fsp3) is 0.746. The van der Waals surface area contributed by atoms with Gasteiger partial charge in [-0.05, 0) is 89.9 Å². The van der Waals surface area contributed by atoms with Crippen molar-refractivity contribution in [2.75, 3.05) is 19.8 Å². The number of hydrogen-bond donors (Lipinski definition) is 0. The maximum absolute atomic E-state index is 12.8. The molecule has 0 fully saturated rings. The molecule has 0 N–H and O–H groups in total. The lowest BCUT2D eigenvalue weighted by Gasteiger charge is -2.18. The minimum atomic E-state index is -0.569. The molecule has 0 saturated heterocycles. The third-order valence-corrected chi connectivity index (χ3v) is 12.4. The number of carbonyl (C=O) groups is 2. The number of esters is 2. The van der Waals surface area contributed by atoms with Gasteiger partial charge >= 0.3 is 11.9 Å². The molecule has 0 aromatic rings. The Bertz CT molecular complexity index is 1250. The molecule has 1 unspecified atom stereocenters. The van der Waals surface area contributed by atoms with Crippen molar-refractivity contribution in [3.05, 3.63) is 85.1 Å². The first-order valence-electron chi connectivity index (χ1n) is 29.1. The SMILES string of the molecule is CC/C=C\C/C=C\C/C=C\C/C=C\C/C=C\C/C=C\CCCOCC(COC(=O)CCCCCCCCCCC/C=C\CCCCCCCC)OC(=O)CCCCCCCCCCCCCCC. The third-order valence-electron chi connectivity index (χ3n) is 12.4. The Morgan fingerprint density at radius 3 is 1.07 bits per heavy atom. The number of carbonyl (C=O) groups excluding carboxylic acids is 2. The number of rotatable bonds is 53. The number of allylic oxidation sites excluding steroid dienone is 14. The summed E-state index contributed by atoms with van der Waals surface area (Å²) in [5.74, 6) is -0.424. The number of hydrogen-bond acceptors (Lipinski definition) is 5. The van der Waals surface area contributed by atoms with Crippen LogP contribution >= 0.6 is 0 Å². The van der Waals surface area contributed by atoms with E-state index in [-0.39, 0.29) is 25.2 Å². The second-order valence-electron chi connectivity index (χ2n) is 19.2. The molecule has 0 spiro atoms. The molecule has 0 aliphatic carbocycles. The monoisotopic (exact) mass is 947 g/mol. The van der Waals surface area contributed by atoms with Crippen LogP contribution in [0.2, 0.25) is 0 Å². The van der Waals surface area contributed by atoms with Crippen molar-refractivity contribution >= 4 is 11.9 Å². The normalized spacial score (nSPS) is 12.8. The highest BCUT2D eigenvalue weighted by Crippen LogP contribution is 2.15. The molecule has 0 aromatic heterocycles. The molecule has 0 bridgehead atoms. The molecule has 68 heavy (non-hydrogen) atoms. The van der Waals surface area contributed by atoms with E-state index in [2.05, 4.69) is 106 Å². The highest BCUT2D eigenvalue weighted by molar-refractivity contribution is 5.70. The van der Waals surface area contributed by atoms with Gasteiger partial charge in [0.2, 0.25) is 0 Å². The summed E-state index contributed by atoms with van der Waals surface area (Å²) >= 11 is 0. The van der Waals surface area contributed by atoms with E-state index in [9.17, 15) is 9.59 Å². The van der Waals surface area contributed by atoms with Crippen LogP contribution in [0, 0.1) is 0 Å². The van der Waals surface area contributed by atoms with Crippen molar-refractivity contribution in [2.24, 2.45) is 0 Å². The molecule has 0 amide bonds. The maximum atomic E-state index is 12.8. The Kier molecular flexibility index (Phi) is 55.9. The largest absolute Gasteiger partial charge is 0.462 e. The van der Waals surface area contributed by atoms with Gasteiger partial charge in [-0.2, -0.15) is 0 Å². The summed E-state index contributed by atoms with van der Waals surface area (Å²) in [6, 6.07) is 0. The molecule has 5 heteroatoms. The van der Waals surface area contributed by atoms with Crippen LogP contribution in [0.25, 0.3) is 0 Å². The van der Waals surface area contributed by atoms with E-state index < -0.39 is 6.10 Å². The topological polar surface area (TPSA) is 61.8 Å². The summed E-state index contributed by atoms with van der Waals surface area (Å²) in [6.45, 7) is 7.59. The summed E-state index contributed by atoms with van der Waals surface area (Å²) in [5.41, 5.74) is 0. The lowest BCUT2D eigenvalue weighted by molar-refractivity contribution is -0.163. The standard InChI is InChI=1S/C63H110O5/c1-4-7-10-13-16-19-22-25-27-29-31-33-35-37-40-43-46-49-52-55-58-66-59-61(68-63(65)57-54-51-48-45-42-38-24-21-18-15-12-9-6-3)60-67-62(64)56-53-50-47-44-41-39-36-34-32-30-28-26-23-20-17-14-11-8-5-2/h7,10,16,19,25-28,31,33,37,40,46,49,61H,4-6,8-9,11-15,17-18,20-24,29-30,32,34-36,38-39,41-45,47-48,50-60H2,1-3H3/b10-7-,19-16-,27-25-,28-26-,33-31-,40-37-,49-46-. The van der Waals surface area contributed by atoms with E-state index in [1.165, 1.54) is 167 Å². The van der Waals surface area contributed by atoms with Gasteiger partial charge in [-0.3, -0.25) is 9.59 Å². The van der Waals surface area contributed by atoms with Crippen molar-refractivity contribution < 1.29 is 23.8 Å². The number of unbranched alkanes of at least 4 members (excludes halogenated alkanes) is 28. The molecule has 1 atom stereocenters. The fourth-order valence-electron chi connectivity index (χ4n) is 8.11. The molecule has 0 aliphatic heterocycles. The van der Waals surface area contributed by atoms with E-state index in [0.29, 0.717) is 19.4 Å². The number of ether oxygens (including phenoxy) is 3. The van der Waals surface area contributed by atoms with Gasteiger partial charge in [0.25, 0.3) is 0 Å². The molecular weight excluding hydrogens is 837 g/mol. The summed E-state index contributed by atoms with van der Waals surface area (Å²) in [5, 5.41) is 0. The zero-order valence-electron chi connectivity index (χ0n) is 45.1. The van der Waals surface area contributed by atoms with E-state index in [0.717, 1.165) is 77.0 Å². The highest BCUT2D eigenvalue weighted by Gasteiger charge is 2.17. The van der Waals surface area contributed by atoms with Crippen LogP contribution in [0.15, 0.2) is 85.1 Å². The average Bonchev–Trinajstić information content (AvgIpc) is 3.34. The van der Waals surface area contributed by atoms with Crippen LogP contribution in [-0.4, -0.2) is 37.9 Å². The molecule has 0 rings (SSSR count). The van der Waals surface area contributed by atoms with Gasteiger partial charge in [-0.25, -0.2) is 0 Å². The van der Waals surface area contributed by atoms with Crippen molar-refractivity contribution in [3.8, 4) is 0 Å². The van der Waals surface area contributed by atoms with Crippen LogP contribution in [0.4, 0.5) is 0 Å². The Balaban J connectivity index is 4.34. The summed E-state index contributed by atoms with van der Waals surface area (Å²) in [4.78, 5) is 25.5. The Morgan fingerprint density at radius 2 is 0.662 bits per heavy atom. The van der Waals surface area contributed by atoms with E-state index in [1.54, 1.807) is 0 Å². The minimum absolute atomic E-state index is 0.0608. The third kappa shape index (κ3) is 55.7. The summed E-state index contributed by atoms with van der Waals surface area (Å²) < 4.78 is 17.4. The van der Waals surface area contributed by atoms with Crippen LogP contribution in [0.5, 0.6) is 0 Å². The lowest BCUT2D eigenvalue weighted by Crippen LogP contribution is -2.30.